The predicted molar refractivity (Wildman–Crippen MR) is 120 cm³/mol. The van der Waals surface area contributed by atoms with Crippen LogP contribution >= 0.6 is 24.0 Å². The maximum absolute atomic E-state index is 5.87. The van der Waals surface area contributed by atoms with Crippen LogP contribution < -0.4 is 20.5 Å². The van der Waals surface area contributed by atoms with E-state index in [1.807, 2.05) is 18.2 Å². The molecule has 0 aliphatic carbocycles. The average molecular weight is 478 g/mol. The third kappa shape index (κ3) is 9.47. The van der Waals surface area contributed by atoms with Gasteiger partial charge < -0.3 is 25.4 Å². The van der Waals surface area contributed by atoms with Crippen molar-refractivity contribution in [2.75, 3.05) is 39.9 Å². The molecule has 0 fully saturated rings. The highest BCUT2D eigenvalue weighted by molar-refractivity contribution is 14.0. The zero-order valence-electron chi connectivity index (χ0n) is 16.6. The Kier molecular flexibility index (Phi) is 14.2. The fraction of sp³-hybridized carbons (Fsp3) is 0.632. The maximum Gasteiger partial charge on any atom is 0.188 e. The number of halogens is 1. The Labute approximate surface area is 175 Å². The first-order valence-corrected chi connectivity index (χ1v) is 9.20. The Balaban J connectivity index is 0.00000625. The van der Waals surface area contributed by atoms with E-state index in [0.29, 0.717) is 19.1 Å². The van der Waals surface area contributed by atoms with Gasteiger partial charge in [-0.15, -0.1) is 24.0 Å². The highest BCUT2D eigenvalue weighted by Gasteiger charge is 2.07. The predicted octanol–water partition coefficient (Wildman–Crippen LogP) is 3.24. The number of guanidine groups is 1. The van der Waals surface area contributed by atoms with E-state index in [0.717, 1.165) is 56.1 Å². The summed E-state index contributed by atoms with van der Waals surface area (Å²) in [5.41, 5.74) is 6.90. The minimum absolute atomic E-state index is 0. The fourth-order valence-electron chi connectivity index (χ4n) is 2.38. The summed E-state index contributed by atoms with van der Waals surface area (Å²) in [5.74, 6) is 1.97. The Hall–Kier alpha value is -1.22. The average Bonchev–Trinajstić information content (AvgIpc) is 2.64. The molecule has 0 aliphatic rings. The lowest BCUT2D eigenvalue weighted by Crippen LogP contribution is -2.32. The lowest BCUT2D eigenvalue weighted by atomic mass is 10.2. The Morgan fingerprint density at radius 2 is 1.92 bits per heavy atom. The molecule has 1 rings (SSSR count). The molecule has 1 aromatic carbocycles. The van der Waals surface area contributed by atoms with Crippen molar-refractivity contribution >= 4 is 29.9 Å². The lowest BCUT2D eigenvalue weighted by molar-refractivity contribution is 0.217. The molecule has 0 aromatic heterocycles. The van der Waals surface area contributed by atoms with Gasteiger partial charge in [0, 0.05) is 13.1 Å². The topological polar surface area (TPSA) is 72.1 Å². The number of rotatable bonds is 12. The Morgan fingerprint density at radius 3 is 2.54 bits per heavy atom. The minimum Gasteiger partial charge on any atom is -0.493 e. The second kappa shape index (κ2) is 14.9. The zero-order valence-corrected chi connectivity index (χ0v) is 18.9. The fourth-order valence-corrected chi connectivity index (χ4v) is 2.38. The van der Waals surface area contributed by atoms with Crippen molar-refractivity contribution in [1.82, 2.24) is 10.2 Å². The van der Waals surface area contributed by atoms with E-state index in [1.54, 1.807) is 7.11 Å². The van der Waals surface area contributed by atoms with Gasteiger partial charge in [0.05, 0.1) is 13.7 Å². The summed E-state index contributed by atoms with van der Waals surface area (Å²) in [6, 6.07) is 5.89. The van der Waals surface area contributed by atoms with Gasteiger partial charge in [-0.05, 0) is 37.2 Å². The van der Waals surface area contributed by atoms with E-state index in [2.05, 4.69) is 36.0 Å². The summed E-state index contributed by atoms with van der Waals surface area (Å²) in [4.78, 5) is 6.68. The van der Waals surface area contributed by atoms with Gasteiger partial charge in [0.2, 0.25) is 0 Å². The summed E-state index contributed by atoms with van der Waals surface area (Å²) in [6.07, 6.45) is 2.22. The number of nitrogens with two attached hydrogens (primary N) is 1. The molecule has 0 bridgehead atoms. The van der Waals surface area contributed by atoms with Crippen molar-refractivity contribution in [3.63, 3.8) is 0 Å². The molecule has 26 heavy (non-hydrogen) atoms. The molecule has 1 aromatic rings. The Morgan fingerprint density at radius 1 is 1.19 bits per heavy atom. The Bertz CT molecular complexity index is 522. The van der Waals surface area contributed by atoms with Crippen LogP contribution in [0.5, 0.6) is 11.5 Å². The first-order valence-electron chi connectivity index (χ1n) is 9.20. The molecule has 0 saturated carbocycles. The van der Waals surface area contributed by atoms with Gasteiger partial charge in [-0.25, -0.2) is 4.99 Å². The number of hydrogen-bond acceptors (Lipinski definition) is 4. The molecule has 0 spiro atoms. The smallest absolute Gasteiger partial charge is 0.188 e. The van der Waals surface area contributed by atoms with Crippen molar-refractivity contribution in [2.45, 2.75) is 40.2 Å². The van der Waals surface area contributed by atoms with Crippen LogP contribution in [0.2, 0.25) is 0 Å². The molecule has 0 saturated heterocycles. The van der Waals surface area contributed by atoms with Gasteiger partial charge in [0.15, 0.2) is 17.5 Å². The maximum atomic E-state index is 5.87. The summed E-state index contributed by atoms with van der Waals surface area (Å²) in [5, 5.41) is 3.11. The molecule has 3 N–H and O–H groups in total. The number of nitrogens with one attached hydrogen (secondary N) is 1. The van der Waals surface area contributed by atoms with Crippen molar-refractivity contribution in [1.29, 1.82) is 0 Å². The number of nitrogens with zero attached hydrogens (tertiary/aromatic N) is 2. The highest BCUT2D eigenvalue weighted by atomic mass is 127. The zero-order chi connectivity index (χ0) is 18.5. The lowest BCUT2D eigenvalue weighted by Gasteiger charge is -2.18. The van der Waals surface area contributed by atoms with Crippen LogP contribution in [-0.4, -0.2) is 50.8 Å². The number of likely N-dealkylation sites (N-methyl/N-ethyl adjacent to an activating group) is 1. The van der Waals surface area contributed by atoms with Gasteiger partial charge in [-0.2, -0.15) is 0 Å². The van der Waals surface area contributed by atoms with Gasteiger partial charge in [-0.3, -0.25) is 0 Å². The molecule has 0 radical (unpaired) electrons. The van der Waals surface area contributed by atoms with Crippen LogP contribution in [0.1, 0.15) is 39.2 Å². The molecule has 150 valence electrons. The van der Waals surface area contributed by atoms with Crippen molar-refractivity contribution in [3.05, 3.63) is 23.8 Å². The van der Waals surface area contributed by atoms with Crippen LogP contribution in [-0.2, 0) is 6.54 Å². The van der Waals surface area contributed by atoms with E-state index < -0.39 is 0 Å². The number of ether oxygens (including phenoxy) is 2. The normalized spacial score (nSPS) is 11.2. The van der Waals surface area contributed by atoms with Gasteiger partial charge >= 0.3 is 0 Å². The third-order valence-electron chi connectivity index (χ3n) is 4.06. The molecular weight excluding hydrogens is 443 g/mol. The van der Waals surface area contributed by atoms with Gasteiger partial charge in [0.25, 0.3) is 0 Å². The number of benzene rings is 1. The third-order valence-corrected chi connectivity index (χ3v) is 4.06. The van der Waals surface area contributed by atoms with Gasteiger partial charge in [0.1, 0.15) is 6.61 Å². The van der Waals surface area contributed by atoms with Crippen LogP contribution in [0.3, 0.4) is 0 Å². The molecule has 0 amide bonds. The van der Waals surface area contributed by atoms with Crippen LogP contribution in [0.15, 0.2) is 23.2 Å². The molecule has 7 heteroatoms. The molecular formula is C19H35IN4O2. The van der Waals surface area contributed by atoms with Crippen molar-refractivity contribution in [2.24, 2.45) is 10.7 Å². The van der Waals surface area contributed by atoms with E-state index in [9.17, 15) is 0 Å². The summed E-state index contributed by atoms with van der Waals surface area (Å²) in [6.45, 7) is 11.4. The first kappa shape index (κ1) is 24.8. The first-order chi connectivity index (χ1) is 12.1. The van der Waals surface area contributed by atoms with E-state index >= 15 is 0 Å². The molecule has 0 atom stereocenters. The SMILES string of the molecule is CCCCNC(N)=NCc1ccc(OCCN(CC)CC)c(OC)c1.I. The van der Waals surface area contributed by atoms with Crippen molar-refractivity contribution < 1.29 is 9.47 Å². The second-order valence-electron chi connectivity index (χ2n) is 5.84. The summed E-state index contributed by atoms with van der Waals surface area (Å²) < 4.78 is 11.3. The molecule has 6 nitrogen and oxygen atoms in total. The van der Waals surface area contributed by atoms with E-state index in [-0.39, 0.29) is 24.0 Å². The van der Waals surface area contributed by atoms with Crippen LogP contribution in [0.25, 0.3) is 0 Å². The number of hydrogen-bond donors (Lipinski definition) is 2. The minimum atomic E-state index is 0. The number of methoxy groups -OCH3 is 1. The quantitative estimate of drug-likeness (QED) is 0.209. The molecule has 0 aliphatic heterocycles. The summed E-state index contributed by atoms with van der Waals surface area (Å²) in [7, 11) is 1.65. The number of unbranched alkanes of at least 4 members (excludes halogenated alkanes) is 1. The second-order valence-corrected chi connectivity index (χ2v) is 5.84. The van der Waals surface area contributed by atoms with E-state index in [1.165, 1.54) is 0 Å². The molecule has 0 heterocycles. The standard InChI is InChI=1S/C19H34N4O2.HI/c1-5-8-11-21-19(20)22-15-16-9-10-17(18(14-16)24-4)25-13-12-23(6-2)7-3;/h9-10,14H,5-8,11-13,15H2,1-4H3,(H3,20,21,22);1H. The molecule has 0 unspecified atom stereocenters. The largest absolute Gasteiger partial charge is 0.493 e. The number of aliphatic imine (C=N–C) groups is 1. The van der Waals surface area contributed by atoms with Crippen LogP contribution in [0, 0.1) is 0 Å². The monoisotopic (exact) mass is 478 g/mol. The van der Waals surface area contributed by atoms with Gasteiger partial charge in [-0.1, -0.05) is 33.3 Å². The van der Waals surface area contributed by atoms with Crippen molar-refractivity contribution in [3.8, 4) is 11.5 Å². The van der Waals surface area contributed by atoms with E-state index in [4.69, 9.17) is 15.2 Å². The summed E-state index contributed by atoms with van der Waals surface area (Å²) >= 11 is 0. The van der Waals surface area contributed by atoms with Crippen LogP contribution in [0.4, 0.5) is 0 Å². The highest BCUT2D eigenvalue weighted by Crippen LogP contribution is 2.28.